The number of carboxylic acids is 2. The standard InChI is InChI=1S/C8H14N2O5/c1-4(9)7(13)10-5(8(14)15)2-3-6(11)12/h4-5H,2-3,9H2,1H3,(H,10,13)(H,11,12)(H,14,15)/p-2. The van der Waals surface area contributed by atoms with Crippen LogP contribution in [0.1, 0.15) is 19.8 Å². The number of amides is 1. The summed E-state index contributed by atoms with van der Waals surface area (Å²) in [6.45, 7) is 1.38. The van der Waals surface area contributed by atoms with Crippen LogP contribution in [0.4, 0.5) is 0 Å². The average Bonchev–Trinajstić information content (AvgIpc) is 2.10. The van der Waals surface area contributed by atoms with E-state index in [1.165, 1.54) is 6.92 Å². The van der Waals surface area contributed by atoms with Gasteiger partial charge in [-0.15, -0.1) is 0 Å². The molecular weight excluding hydrogens is 204 g/mol. The van der Waals surface area contributed by atoms with Crippen LogP contribution in [0.25, 0.3) is 0 Å². The minimum Gasteiger partial charge on any atom is -0.550 e. The Hall–Kier alpha value is -1.63. The number of hydrogen-bond acceptors (Lipinski definition) is 6. The van der Waals surface area contributed by atoms with Crippen LogP contribution in [0.2, 0.25) is 0 Å². The van der Waals surface area contributed by atoms with Crippen LogP contribution in [0.15, 0.2) is 0 Å². The Labute approximate surface area is 86.3 Å². The number of carbonyl (C=O) groups is 3. The molecule has 15 heavy (non-hydrogen) atoms. The Bertz CT molecular complexity index is 264. The predicted octanol–water partition coefficient (Wildman–Crippen LogP) is -3.90. The molecule has 0 rings (SSSR count). The van der Waals surface area contributed by atoms with Crippen LogP contribution < -0.4 is 21.3 Å². The van der Waals surface area contributed by atoms with Gasteiger partial charge >= 0.3 is 0 Å². The van der Waals surface area contributed by atoms with Gasteiger partial charge in [0.2, 0.25) is 5.91 Å². The topological polar surface area (TPSA) is 135 Å². The zero-order valence-corrected chi connectivity index (χ0v) is 8.19. The highest BCUT2D eigenvalue weighted by Crippen LogP contribution is 1.96. The van der Waals surface area contributed by atoms with Gasteiger partial charge in [0.05, 0.1) is 18.1 Å². The normalized spacial score (nSPS) is 14.0. The zero-order chi connectivity index (χ0) is 12.0. The first kappa shape index (κ1) is 13.4. The maximum atomic E-state index is 11.0. The summed E-state index contributed by atoms with van der Waals surface area (Å²) in [4.78, 5) is 31.6. The van der Waals surface area contributed by atoms with Crippen molar-refractivity contribution in [3.05, 3.63) is 0 Å². The summed E-state index contributed by atoms with van der Waals surface area (Å²) in [6, 6.07) is -2.23. The molecule has 3 N–H and O–H groups in total. The van der Waals surface area contributed by atoms with Gasteiger partial charge in [0.15, 0.2) is 0 Å². The molecule has 0 aromatic heterocycles. The van der Waals surface area contributed by atoms with Gasteiger partial charge in [0.25, 0.3) is 0 Å². The highest BCUT2D eigenvalue weighted by atomic mass is 16.4. The molecule has 0 radical (unpaired) electrons. The van der Waals surface area contributed by atoms with Gasteiger partial charge in [0, 0.05) is 5.97 Å². The lowest BCUT2D eigenvalue weighted by molar-refractivity contribution is -0.310. The maximum absolute atomic E-state index is 11.0. The van der Waals surface area contributed by atoms with E-state index in [1.807, 2.05) is 0 Å². The van der Waals surface area contributed by atoms with E-state index >= 15 is 0 Å². The second-order valence-electron chi connectivity index (χ2n) is 3.08. The second kappa shape index (κ2) is 5.97. The molecule has 0 saturated heterocycles. The van der Waals surface area contributed by atoms with Crippen molar-refractivity contribution >= 4 is 17.8 Å². The summed E-state index contributed by atoms with van der Waals surface area (Å²) in [5.74, 6) is -3.62. The van der Waals surface area contributed by atoms with Gasteiger partial charge < -0.3 is 30.9 Å². The van der Waals surface area contributed by atoms with E-state index in [4.69, 9.17) is 5.73 Å². The molecule has 1 amide bonds. The van der Waals surface area contributed by atoms with Crippen molar-refractivity contribution in [2.24, 2.45) is 5.73 Å². The van der Waals surface area contributed by atoms with Crippen LogP contribution >= 0.6 is 0 Å². The lowest BCUT2D eigenvalue weighted by Crippen LogP contribution is -2.52. The molecule has 0 aliphatic rings. The minimum atomic E-state index is -1.55. The molecule has 0 bridgehead atoms. The number of carbonyl (C=O) groups excluding carboxylic acids is 3. The fourth-order valence-corrected chi connectivity index (χ4v) is 0.814. The molecule has 2 atom stereocenters. The molecule has 0 saturated carbocycles. The van der Waals surface area contributed by atoms with E-state index in [1.54, 1.807) is 0 Å². The van der Waals surface area contributed by atoms with Crippen LogP contribution in [-0.2, 0) is 14.4 Å². The van der Waals surface area contributed by atoms with E-state index in [0.717, 1.165) is 0 Å². The van der Waals surface area contributed by atoms with E-state index < -0.39 is 36.4 Å². The molecule has 2 unspecified atom stereocenters. The van der Waals surface area contributed by atoms with E-state index in [9.17, 15) is 24.6 Å². The van der Waals surface area contributed by atoms with Crippen molar-refractivity contribution in [1.29, 1.82) is 0 Å². The third kappa shape index (κ3) is 5.63. The molecule has 0 heterocycles. The molecular formula is C8H12N2O5-2. The quantitative estimate of drug-likeness (QED) is 0.465. The summed E-state index contributed by atoms with van der Waals surface area (Å²) in [5, 5.41) is 22.6. The summed E-state index contributed by atoms with van der Waals surface area (Å²) in [7, 11) is 0. The summed E-state index contributed by atoms with van der Waals surface area (Å²) in [6.07, 6.45) is -0.763. The number of nitrogens with one attached hydrogen (secondary N) is 1. The molecule has 86 valence electrons. The first-order valence-corrected chi connectivity index (χ1v) is 4.31. The van der Waals surface area contributed by atoms with Crippen molar-refractivity contribution in [2.75, 3.05) is 0 Å². The van der Waals surface area contributed by atoms with Crippen molar-refractivity contribution in [2.45, 2.75) is 31.8 Å². The smallest absolute Gasteiger partial charge is 0.237 e. The minimum absolute atomic E-state index is 0.289. The Morgan fingerprint density at radius 3 is 2.20 bits per heavy atom. The molecule has 0 spiro atoms. The van der Waals surface area contributed by atoms with Gasteiger partial charge in [-0.25, -0.2) is 0 Å². The number of hydrogen-bond donors (Lipinski definition) is 2. The van der Waals surface area contributed by atoms with Crippen molar-refractivity contribution in [1.82, 2.24) is 5.32 Å². The number of carboxylic acid groups (broad SMARTS) is 2. The largest absolute Gasteiger partial charge is 0.550 e. The molecule has 0 fully saturated rings. The fraction of sp³-hybridized carbons (Fsp3) is 0.625. The molecule has 7 nitrogen and oxygen atoms in total. The molecule has 0 aromatic rings. The Balaban J connectivity index is 4.22. The highest BCUT2D eigenvalue weighted by molar-refractivity contribution is 5.86. The van der Waals surface area contributed by atoms with E-state index in [0.29, 0.717) is 0 Å². The Morgan fingerprint density at radius 2 is 1.87 bits per heavy atom. The fourth-order valence-electron chi connectivity index (χ4n) is 0.814. The van der Waals surface area contributed by atoms with Gasteiger partial charge in [-0.2, -0.15) is 0 Å². The van der Waals surface area contributed by atoms with Gasteiger partial charge in [0.1, 0.15) is 0 Å². The average molecular weight is 216 g/mol. The monoisotopic (exact) mass is 216 g/mol. The summed E-state index contributed by atoms with van der Waals surface area (Å²) < 4.78 is 0. The first-order chi connectivity index (χ1) is 6.84. The predicted molar refractivity (Wildman–Crippen MR) is 44.8 cm³/mol. The van der Waals surface area contributed by atoms with E-state index in [-0.39, 0.29) is 6.42 Å². The first-order valence-electron chi connectivity index (χ1n) is 4.31. The Morgan fingerprint density at radius 1 is 1.33 bits per heavy atom. The summed E-state index contributed by atoms with van der Waals surface area (Å²) >= 11 is 0. The van der Waals surface area contributed by atoms with Crippen LogP contribution in [0, 0.1) is 0 Å². The van der Waals surface area contributed by atoms with Gasteiger partial charge in [-0.3, -0.25) is 4.79 Å². The van der Waals surface area contributed by atoms with Crippen LogP contribution in [0.3, 0.4) is 0 Å². The molecule has 0 aliphatic heterocycles. The highest BCUT2D eigenvalue weighted by Gasteiger charge is 2.15. The van der Waals surface area contributed by atoms with Crippen molar-refractivity contribution in [3.63, 3.8) is 0 Å². The van der Waals surface area contributed by atoms with Crippen molar-refractivity contribution < 1.29 is 24.6 Å². The van der Waals surface area contributed by atoms with Crippen molar-refractivity contribution in [3.8, 4) is 0 Å². The molecule has 0 aromatic carbocycles. The lowest BCUT2D eigenvalue weighted by Gasteiger charge is -2.20. The maximum Gasteiger partial charge on any atom is 0.237 e. The zero-order valence-electron chi connectivity index (χ0n) is 8.19. The number of aliphatic carboxylic acids is 2. The Kier molecular flexibility index (Phi) is 5.32. The van der Waals surface area contributed by atoms with Gasteiger partial charge in [-0.05, 0) is 19.8 Å². The third-order valence-electron chi connectivity index (χ3n) is 1.65. The SMILES string of the molecule is CC(N)C(=O)NC(CCC(=O)[O-])C(=O)[O-]. The number of rotatable bonds is 6. The van der Waals surface area contributed by atoms with Crippen LogP contribution in [-0.4, -0.2) is 29.9 Å². The second-order valence-corrected chi connectivity index (χ2v) is 3.08. The number of nitrogens with two attached hydrogens (primary N) is 1. The van der Waals surface area contributed by atoms with Crippen LogP contribution in [0.5, 0.6) is 0 Å². The third-order valence-corrected chi connectivity index (χ3v) is 1.65. The lowest BCUT2D eigenvalue weighted by atomic mass is 10.1. The van der Waals surface area contributed by atoms with E-state index in [2.05, 4.69) is 5.32 Å². The summed E-state index contributed by atoms with van der Waals surface area (Å²) in [5.41, 5.74) is 5.19. The molecule has 0 aliphatic carbocycles. The molecule has 7 heteroatoms. The van der Waals surface area contributed by atoms with Gasteiger partial charge in [-0.1, -0.05) is 0 Å².